The molecule has 0 saturated heterocycles. The first-order valence-corrected chi connectivity index (χ1v) is 18.2. The fourth-order valence-corrected chi connectivity index (χ4v) is 9.51. The van der Waals surface area contributed by atoms with Crippen molar-refractivity contribution in [1.29, 1.82) is 0 Å². The second-order valence-electron chi connectivity index (χ2n) is 14.3. The van der Waals surface area contributed by atoms with Gasteiger partial charge in [0.25, 0.3) is 0 Å². The van der Waals surface area contributed by atoms with Crippen LogP contribution in [0.15, 0.2) is 182 Å². The van der Waals surface area contributed by atoms with Crippen LogP contribution in [0.25, 0.3) is 121 Å². The number of rotatable bonds is 3. The minimum Gasteiger partial charge on any atom is -0.0622 e. The van der Waals surface area contributed by atoms with Crippen molar-refractivity contribution in [1.82, 2.24) is 0 Å². The van der Waals surface area contributed by atoms with Crippen molar-refractivity contribution in [2.45, 2.75) is 0 Å². The summed E-state index contributed by atoms with van der Waals surface area (Å²) in [5.41, 5.74) is 18.2. The Balaban J connectivity index is 1.23. The molecule has 0 aromatic heterocycles. The fraction of sp³-hybridized carbons (Fsp3) is 0. The monoisotopic (exact) mass is 654 g/mol. The molecule has 0 unspecified atom stereocenters. The van der Waals surface area contributed by atoms with Crippen molar-refractivity contribution in [3.05, 3.63) is 182 Å². The first-order valence-electron chi connectivity index (χ1n) is 18.2. The Hall–Kier alpha value is -6.76. The van der Waals surface area contributed by atoms with E-state index in [1.807, 2.05) is 0 Å². The minimum absolute atomic E-state index is 1.23. The summed E-state index contributed by atoms with van der Waals surface area (Å²) in [5, 5.41) is 10.5. The first kappa shape index (κ1) is 28.0. The molecule has 0 saturated carbocycles. The summed E-state index contributed by atoms with van der Waals surface area (Å²) in [4.78, 5) is 0. The molecular formula is C52H30. The molecule has 0 atom stereocenters. The van der Waals surface area contributed by atoms with Gasteiger partial charge in [-0.1, -0.05) is 164 Å². The van der Waals surface area contributed by atoms with Crippen molar-refractivity contribution in [2.75, 3.05) is 0 Å². The standard InChI is InChI=1S/C52H30/c1-3-12-31(13-4-1)33-22-23-39-45(28-33)46(38-25-27-43-36-17-8-7-16-35(36)40-20-11-21-41(38)50(40)43)29-48-44-26-24-34(32-14-5-2-6-15-32)51-42-19-10-9-18-37(42)49(52(44)51)30-47(39)48/h1-30H. The lowest BCUT2D eigenvalue weighted by Crippen LogP contribution is -1.91. The highest BCUT2D eigenvalue weighted by Crippen LogP contribution is 2.55. The SMILES string of the molecule is c1ccc(-c2ccc3c(c2)c(-c2ccc4c5c(cccc25)-c2ccccc2-4)cc2c4ccc(-c5ccccc5)c5c4c(cc32)-c2ccccc2-5)cc1. The van der Waals surface area contributed by atoms with Crippen LogP contribution in [0.2, 0.25) is 0 Å². The zero-order valence-electron chi connectivity index (χ0n) is 28.3. The van der Waals surface area contributed by atoms with E-state index in [0.717, 1.165) is 0 Å². The summed E-state index contributed by atoms with van der Waals surface area (Å²) in [6, 6.07) is 68.0. The Morgan fingerprint density at radius 3 is 1.52 bits per heavy atom. The van der Waals surface area contributed by atoms with Crippen molar-refractivity contribution < 1.29 is 0 Å². The van der Waals surface area contributed by atoms with Gasteiger partial charge in [-0.25, -0.2) is 0 Å². The van der Waals surface area contributed by atoms with Gasteiger partial charge in [-0.15, -0.1) is 0 Å². The third kappa shape index (κ3) is 3.71. The molecule has 238 valence electrons. The summed E-state index contributed by atoms with van der Waals surface area (Å²) in [7, 11) is 0. The number of benzene rings is 10. The van der Waals surface area contributed by atoms with E-state index in [9.17, 15) is 0 Å². The van der Waals surface area contributed by atoms with Crippen LogP contribution in [0.4, 0.5) is 0 Å². The molecule has 12 rings (SSSR count). The molecule has 10 aromatic carbocycles. The van der Waals surface area contributed by atoms with Gasteiger partial charge in [0.2, 0.25) is 0 Å². The second-order valence-corrected chi connectivity index (χ2v) is 14.3. The van der Waals surface area contributed by atoms with Gasteiger partial charge >= 0.3 is 0 Å². The smallest absolute Gasteiger partial charge is 0.00137 e. The molecule has 0 radical (unpaired) electrons. The highest BCUT2D eigenvalue weighted by atomic mass is 14.3. The Morgan fingerprint density at radius 2 is 0.750 bits per heavy atom. The topological polar surface area (TPSA) is 0 Å². The lowest BCUT2D eigenvalue weighted by atomic mass is 9.85. The molecule has 0 N–H and O–H groups in total. The predicted octanol–water partition coefficient (Wildman–Crippen LogP) is 14.6. The second kappa shape index (κ2) is 10.4. The molecule has 0 aliphatic heterocycles. The minimum atomic E-state index is 1.23. The fourth-order valence-electron chi connectivity index (χ4n) is 9.51. The maximum atomic E-state index is 2.51. The van der Waals surface area contributed by atoms with Crippen LogP contribution < -0.4 is 0 Å². The molecule has 10 aromatic rings. The first-order chi connectivity index (χ1) is 25.8. The van der Waals surface area contributed by atoms with Crippen molar-refractivity contribution in [2.24, 2.45) is 0 Å². The van der Waals surface area contributed by atoms with Crippen LogP contribution in [-0.4, -0.2) is 0 Å². The van der Waals surface area contributed by atoms with Crippen molar-refractivity contribution in [3.8, 4) is 77.9 Å². The van der Waals surface area contributed by atoms with E-state index in [0.29, 0.717) is 0 Å². The Kier molecular flexibility index (Phi) is 5.59. The van der Waals surface area contributed by atoms with Crippen molar-refractivity contribution >= 4 is 43.1 Å². The summed E-state index contributed by atoms with van der Waals surface area (Å²) in [6.07, 6.45) is 0. The summed E-state index contributed by atoms with van der Waals surface area (Å²) >= 11 is 0. The molecule has 0 nitrogen and oxygen atoms in total. The Labute approximate surface area is 301 Å². The largest absolute Gasteiger partial charge is 0.0622 e. The molecule has 2 aliphatic carbocycles. The number of hydrogen-bond donors (Lipinski definition) is 0. The van der Waals surface area contributed by atoms with Gasteiger partial charge in [-0.2, -0.15) is 0 Å². The van der Waals surface area contributed by atoms with Gasteiger partial charge in [-0.05, 0) is 139 Å². The third-order valence-electron chi connectivity index (χ3n) is 11.7. The van der Waals surface area contributed by atoms with Gasteiger partial charge in [-0.3, -0.25) is 0 Å². The molecule has 0 bridgehead atoms. The van der Waals surface area contributed by atoms with E-state index >= 15 is 0 Å². The van der Waals surface area contributed by atoms with Gasteiger partial charge in [0.1, 0.15) is 0 Å². The Morgan fingerprint density at radius 1 is 0.192 bits per heavy atom. The van der Waals surface area contributed by atoms with Gasteiger partial charge < -0.3 is 0 Å². The summed E-state index contributed by atoms with van der Waals surface area (Å²) < 4.78 is 0. The molecular weight excluding hydrogens is 625 g/mol. The van der Waals surface area contributed by atoms with Crippen LogP contribution in [0.5, 0.6) is 0 Å². The average molecular weight is 655 g/mol. The lowest BCUT2D eigenvalue weighted by Gasteiger charge is -2.18. The van der Waals surface area contributed by atoms with E-state index in [2.05, 4.69) is 182 Å². The van der Waals surface area contributed by atoms with E-state index in [-0.39, 0.29) is 0 Å². The Bertz CT molecular complexity index is 3120. The van der Waals surface area contributed by atoms with Gasteiger partial charge in [0, 0.05) is 0 Å². The molecule has 0 spiro atoms. The summed E-state index contributed by atoms with van der Waals surface area (Å²) in [6.45, 7) is 0. The number of hydrogen-bond acceptors (Lipinski definition) is 0. The molecule has 52 heavy (non-hydrogen) atoms. The zero-order valence-corrected chi connectivity index (χ0v) is 28.3. The van der Waals surface area contributed by atoms with Crippen LogP contribution >= 0.6 is 0 Å². The van der Waals surface area contributed by atoms with Crippen LogP contribution in [0.3, 0.4) is 0 Å². The maximum absolute atomic E-state index is 2.51. The van der Waals surface area contributed by atoms with E-state index in [4.69, 9.17) is 0 Å². The molecule has 0 fully saturated rings. The normalized spacial score (nSPS) is 12.2. The average Bonchev–Trinajstić information content (AvgIpc) is 3.73. The third-order valence-corrected chi connectivity index (χ3v) is 11.7. The highest BCUT2D eigenvalue weighted by Gasteiger charge is 2.28. The lowest BCUT2D eigenvalue weighted by molar-refractivity contribution is 1.64. The van der Waals surface area contributed by atoms with Crippen LogP contribution in [0, 0.1) is 0 Å². The maximum Gasteiger partial charge on any atom is -0.00137 e. The molecule has 0 amide bonds. The highest BCUT2D eigenvalue weighted by molar-refractivity contribution is 6.31. The molecule has 2 aliphatic rings. The molecule has 0 heteroatoms. The quantitative estimate of drug-likeness (QED) is 0.166. The van der Waals surface area contributed by atoms with Crippen molar-refractivity contribution in [3.63, 3.8) is 0 Å². The number of fused-ring (bicyclic) bond motifs is 10. The zero-order chi connectivity index (χ0) is 33.9. The molecule has 0 heterocycles. The van der Waals surface area contributed by atoms with E-state index < -0.39 is 0 Å². The predicted molar refractivity (Wildman–Crippen MR) is 222 cm³/mol. The summed E-state index contributed by atoms with van der Waals surface area (Å²) in [5.74, 6) is 0. The van der Waals surface area contributed by atoms with Crippen LogP contribution in [0.1, 0.15) is 0 Å². The van der Waals surface area contributed by atoms with Gasteiger partial charge in [0.05, 0.1) is 0 Å². The van der Waals surface area contributed by atoms with Gasteiger partial charge in [0.15, 0.2) is 0 Å². The van der Waals surface area contributed by atoms with E-state index in [1.165, 1.54) is 121 Å². The van der Waals surface area contributed by atoms with Crippen LogP contribution in [-0.2, 0) is 0 Å². The van der Waals surface area contributed by atoms with E-state index in [1.54, 1.807) is 0 Å².